The molecule has 0 amide bonds. The monoisotopic (exact) mass is 261 g/mol. The Labute approximate surface area is 115 Å². The van der Waals surface area contributed by atoms with Crippen LogP contribution in [0.4, 0.5) is 0 Å². The topological polar surface area (TPSA) is 44.5 Å². The van der Waals surface area contributed by atoms with Gasteiger partial charge in [0.05, 0.1) is 31.8 Å². The second-order valence-electron chi connectivity index (χ2n) is 6.00. The fraction of sp³-hybridized carbons (Fsp3) is 0.625. The van der Waals surface area contributed by atoms with Gasteiger partial charge in [-0.1, -0.05) is 37.6 Å². The highest BCUT2D eigenvalue weighted by atomic mass is 16.5. The van der Waals surface area contributed by atoms with E-state index in [0.29, 0.717) is 6.54 Å². The average molecular weight is 261 g/mol. The summed E-state index contributed by atoms with van der Waals surface area (Å²) in [6.07, 6.45) is 2.34. The molecule has 1 aromatic rings. The van der Waals surface area contributed by atoms with Crippen LogP contribution in [0.3, 0.4) is 0 Å². The van der Waals surface area contributed by atoms with Gasteiger partial charge in [-0.25, -0.2) is 0 Å². The molecular weight excluding hydrogens is 238 g/mol. The minimum Gasteiger partial charge on any atom is -0.380 e. The Morgan fingerprint density at radius 2 is 1.68 bits per heavy atom. The molecule has 0 unspecified atom stereocenters. The Kier molecular flexibility index (Phi) is 3.37. The molecule has 19 heavy (non-hydrogen) atoms. The molecule has 2 fully saturated rings. The molecule has 0 aliphatic carbocycles. The Bertz CT molecular complexity index is 427. The van der Waals surface area contributed by atoms with Gasteiger partial charge in [0.25, 0.3) is 0 Å². The predicted octanol–water partition coefficient (Wildman–Crippen LogP) is 1.88. The summed E-state index contributed by atoms with van der Waals surface area (Å²) in [7, 11) is 0. The normalized spacial score (nSPS) is 23.5. The van der Waals surface area contributed by atoms with Crippen LogP contribution in [0.1, 0.15) is 24.5 Å². The van der Waals surface area contributed by atoms with E-state index in [-0.39, 0.29) is 10.8 Å². The Morgan fingerprint density at radius 3 is 2.05 bits per heavy atom. The third-order valence-electron chi connectivity index (χ3n) is 4.90. The Morgan fingerprint density at radius 1 is 1.05 bits per heavy atom. The van der Waals surface area contributed by atoms with Crippen molar-refractivity contribution < 1.29 is 9.47 Å². The third-order valence-corrected chi connectivity index (χ3v) is 4.90. The van der Waals surface area contributed by atoms with Crippen molar-refractivity contribution in [2.75, 3.05) is 33.0 Å². The van der Waals surface area contributed by atoms with Crippen molar-refractivity contribution in [2.45, 2.75) is 25.2 Å². The van der Waals surface area contributed by atoms with Crippen LogP contribution in [0.25, 0.3) is 0 Å². The summed E-state index contributed by atoms with van der Waals surface area (Å²) >= 11 is 0. The number of ether oxygens (including phenoxy) is 2. The summed E-state index contributed by atoms with van der Waals surface area (Å²) in [5.41, 5.74) is 8.98. The zero-order valence-electron chi connectivity index (χ0n) is 11.7. The molecule has 2 saturated heterocycles. The van der Waals surface area contributed by atoms with Gasteiger partial charge in [0, 0.05) is 12.0 Å². The lowest BCUT2D eigenvalue weighted by Gasteiger charge is -2.59. The van der Waals surface area contributed by atoms with Gasteiger partial charge in [-0.3, -0.25) is 0 Å². The lowest BCUT2D eigenvalue weighted by atomic mass is 9.57. The number of benzene rings is 1. The van der Waals surface area contributed by atoms with Crippen molar-refractivity contribution >= 4 is 0 Å². The SMILES string of the molecule is CCCc1ccc(C2(C3(CN)COC3)COC2)cc1. The van der Waals surface area contributed by atoms with E-state index < -0.39 is 0 Å². The first kappa shape index (κ1) is 13.1. The molecule has 2 N–H and O–H groups in total. The molecule has 0 saturated carbocycles. The summed E-state index contributed by atoms with van der Waals surface area (Å²) in [6, 6.07) is 9.04. The second-order valence-corrected chi connectivity index (χ2v) is 6.00. The minimum absolute atomic E-state index is 0.0742. The zero-order chi connectivity index (χ0) is 13.3. The summed E-state index contributed by atoms with van der Waals surface area (Å²) < 4.78 is 11.0. The molecule has 3 nitrogen and oxygen atoms in total. The molecule has 0 atom stereocenters. The molecule has 0 bridgehead atoms. The van der Waals surface area contributed by atoms with Crippen LogP contribution in [-0.4, -0.2) is 33.0 Å². The van der Waals surface area contributed by atoms with Gasteiger partial charge in [0.1, 0.15) is 0 Å². The van der Waals surface area contributed by atoms with Gasteiger partial charge in [-0.05, 0) is 17.5 Å². The predicted molar refractivity (Wildman–Crippen MR) is 75.2 cm³/mol. The van der Waals surface area contributed by atoms with Crippen LogP contribution in [0.2, 0.25) is 0 Å². The molecule has 2 aliphatic rings. The van der Waals surface area contributed by atoms with Crippen LogP contribution >= 0.6 is 0 Å². The standard InChI is InChI=1S/C16H23NO2/c1-2-3-13-4-6-14(7-5-13)16(11-19-12-16)15(8-17)9-18-10-15/h4-7H,2-3,8-12,17H2,1H3. The van der Waals surface area contributed by atoms with Gasteiger partial charge >= 0.3 is 0 Å². The van der Waals surface area contributed by atoms with Crippen LogP contribution in [-0.2, 0) is 21.3 Å². The first-order valence-electron chi connectivity index (χ1n) is 7.21. The number of nitrogens with two attached hydrogens (primary N) is 1. The number of aryl methyl sites for hydroxylation is 1. The lowest BCUT2D eigenvalue weighted by Crippen LogP contribution is -2.69. The van der Waals surface area contributed by atoms with Crippen molar-refractivity contribution in [3.8, 4) is 0 Å². The van der Waals surface area contributed by atoms with Gasteiger partial charge in [-0.2, -0.15) is 0 Å². The number of hydrogen-bond donors (Lipinski definition) is 1. The number of hydrogen-bond acceptors (Lipinski definition) is 3. The summed E-state index contributed by atoms with van der Waals surface area (Å²) in [5, 5.41) is 0. The van der Waals surface area contributed by atoms with E-state index in [4.69, 9.17) is 15.2 Å². The van der Waals surface area contributed by atoms with E-state index in [1.807, 2.05) is 0 Å². The maximum Gasteiger partial charge on any atom is 0.0593 e. The maximum absolute atomic E-state index is 6.04. The van der Waals surface area contributed by atoms with Crippen LogP contribution in [0, 0.1) is 5.41 Å². The molecule has 1 aromatic carbocycles. The molecular formula is C16H23NO2. The third kappa shape index (κ3) is 1.83. The highest BCUT2D eigenvalue weighted by molar-refractivity contribution is 5.35. The van der Waals surface area contributed by atoms with E-state index >= 15 is 0 Å². The van der Waals surface area contributed by atoms with Crippen LogP contribution in [0.5, 0.6) is 0 Å². The van der Waals surface area contributed by atoms with Gasteiger partial charge in [0.15, 0.2) is 0 Å². The van der Waals surface area contributed by atoms with E-state index in [9.17, 15) is 0 Å². The summed E-state index contributed by atoms with van der Waals surface area (Å²) in [6.45, 7) is 5.98. The van der Waals surface area contributed by atoms with Crippen molar-refractivity contribution in [1.29, 1.82) is 0 Å². The molecule has 3 rings (SSSR count). The first-order chi connectivity index (χ1) is 9.26. The van der Waals surface area contributed by atoms with E-state index in [2.05, 4.69) is 31.2 Å². The quantitative estimate of drug-likeness (QED) is 0.880. The van der Waals surface area contributed by atoms with Crippen molar-refractivity contribution in [1.82, 2.24) is 0 Å². The van der Waals surface area contributed by atoms with Gasteiger partial charge in [-0.15, -0.1) is 0 Å². The van der Waals surface area contributed by atoms with E-state index in [1.165, 1.54) is 17.5 Å². The van der Waals surface area contributed by atoms with Crippen LogP contribution < -0.4 is 5.73 Å². The molecule has 2 aliphatic heterocycles. The fourth-order valence-corrected chi connectivity index (χ4v) is 3.30. The van der Waals surface area contributed by atoms with E-state index in [0.717, 1.165) is 32.8 Å². The Hall–Kier alpha value is -0.900. The van der Waals surface area contributed by atoms with Crippen molar-refractivity contribution in [3.05, 3.63) is 35.4 Å². The largest absolute Gasteiger partial charge is 0.380 e. The minimum atomic E-state index is 0.0742. The van der Waals surface area contributed by atoms with Crippen molar-refractivity contribution in [2.24, 2.45) is 11.1 Å². The highest BCUT2D eigenvalue weighted by Crippen LogP contribution is 2.51. The summed E-state index contributed by atoms with van der Waals surface area (Å²) in [5.74, 6) is 0. The fourth-order valence-electron chi connectivity index (χ4n) is 3.30. The zero-order valence-corrected chi connectivity index (χ0v) is 11.7. The smallest absolute Gasteiger partial charge is 0.0593 e. The maximum atomic E-state index is 6.04. The average Bonchev–Trinajstić information content (AvgIpc) is 2.33. The summed E-state index contributed by atoms with van der Waals surface area (Å²) in [4.78, 5) is 0. The molecule has 3 heteroatoms. The van der Waals surface area contributed by atoms with E-state index in [1.54, 1.807) is 0 Å². The van der Waals surface area contributed by atoms with Gasteiger partial charge in [0.2, 0.25) is 0 Å². The first-order valence-corrected chi connectivity index (χ1v) is 7.21. The van der Waals surface area contributed by atoms with Crippen molar-refractivity contribution in [3.63, 3.8) is 0 Å². The molecule has 0 radical (unpaired) electrons. The Balaban J connectivity index is 1.89. The molecule has 2 heterocycles. The molecule has 0 spiro atoms. The number of rotatable bonds is 5. The van der Waals surface area contributed by atoms with Gasteiger partial charge < -0.3 is 15.2 Å². The second kappa shape index (κ2) is 4.89. The highest BCUT2D eigenvalue weighted by Gasteiger charge is 2.60. The molecule has 0 aromatic heterocycles. The lowest BCUT2D eigenvalue weighted by molar-refractivity contribution is -0.223. The molecule has 104 valence electrons. The van der Waals surface area contributed by atoms with Crippen LogP contribution in [0.15, 0.2) is 24.3 Å².